The second kappa shape index (κ2) is 5.30. The third-order valence-electron chi connectivity index (χ3n) is 2.98. The summed E-state index contributed by atoms with van der Waals surface area (Å²) in [7, 11) is 1.34. The van der Waals surface area contributed by atoms with Gasteiger partial charge >= 0.3 is 5.97 Å². The lowest BCUT2D eigenvalue weighted by Crippen LogP contribution is -2.49. The summed E-state index contributed by atoms with van der Waals surface area (Å²) in [4.78, 5) is 22.1. The largest absolute Gasteiger partial charge is 0.464 e. The molecule has 1 saturated heterocycles. The first kappa shape index (κ1) is 12.8. The van der Waals surface area contributed by atoms with Crippen LogP contribution in [0.3, 0.4) is 0 Å². The van der Waals surface area contributed by atoms with Crippen LogP contribution in [0.1, 0.15) is 23.1 Å². The van der Waals surface area contributed by atoms with Gasteiger partial charge in [0.05, 0.1) is 19.0 Å². The quantitative estimate of drug-likeness (QED) is 0.765. The summed E-state index contributed by atoms with van der Waals surface area (Å²) < 4.78 is 4.63. The molecule has 6 heteroatoms. The molecule has 6 nitrogen and oxygen atoms in total. The van der Waals surface area contributed by atoms with Crippen molar-refractivity contribution in [2.24, 2.45) is 0 Å². The molecule has 0 saturated carbocycles. The van der Waals surface area contributed by atoms with Gasteiger partial charge in [0.2, 0.25) is 0 Å². The highest BCUT2D eigenvalue weighted by atomic mass is 16.5. The Morgan fingerprint density at radius 1 is 1.61 bits per heavy atom. The number of carbonyl (C=O) groups is 1. The first-order valence-electron chi connectivity index (χ1n) is 6.02. The molecule has 0 bridgehead atoms. The van der Waals surface area contributed by atoms with Crippen LogP contribution < -0.4 is 10.2 Å². The van der Waals surface area contributed by atoms with Gasteiger partial charge in [0.1, 0.15) is 5.82 Å². The Morgan fingerprint density at radius 3 is 3.00 bits per heavy atom. The summed E-state index contributed by atoms with van der Waals surface area (Å²) in [5.74, 6) is 0.391. The number of piperazine rings is 1. The van der Waals surface area contributed by atoms with E-state index in [0.717, 1.165) is 31.1 Å². The molecule has 1 aliphatic heterocycles. The van der Waals surface area contributed by atoms with Crippen LogP contribution in [-0.2, 0) is 4.74 Å². The molecule has 98 valence electrons. The van der Waals surface area contributed by atoms with Crippen molar-refractivity contribution >= 4 is 11.8 Å². The molecule has 1 aromatic heterocycles. The summed E-state index contributed by atoms with van der Waals surface area (Å²) in [6.45, 7) is 6.73. The number of nitrogens with zero attached hydrogens (tertiary/aromatic N) is 3. The van der Waals surface area contributed by atoms with Gasteiger partial charge in [-0.25, -0.2) is 14.8 Å². The third kappa shape index (κ3) is 2.59. The molecular formula is C12H18N4O2. The third-order valence-corrected chi connectivity index (χ3v) is 2.98. The van der Waals surface area contributed by atoms with Crippen LogP contribution in [0, 0.1) is 6.92 Å². The summed E-state index contributed by atoms with van der Waals surface area (Å²) >= 11 is 0. The maximum Gasteiger partial charge on any atom is 0.358 e. The van der Waals surface area contributed by atoms with E-state index in [-0.39, 0.29) is 5.69 Å². The van der Waals surface area contributed by atoms with E-state index < -0.39 is 5.97 Å². The van der Waals surface area contributed by atoms with Crippen LogP contribution in [0.4, 0.5) is 5.82 Å². The van der Waals surface area contributed by atoms with E-state index in [0.29, 0.717) is 6.04 Å². The van der Waals surface area contributed by atoms with Crippen molar-refractivity contribution in [1.29, 1.82) is 0 Å². The van der Waals surface area contributed by atoms with Crippen LogP contribution in [-0.4, -0.2) is 48.7 Å². The van der Waals surface area contributed by atoms with E-state index in [1.54, 1.807) is 0 Å². The van der Waals surface area contributed by atoms with Gasteiger partial charge in [0.15, 0.2) is 5.69 Å². The van der Waals surface area contributed by atoms with Crippen molar-refractivity contribution in [3.63, 3.8) is 0 Å². The summed E-state index contributed by atoms with van der Waals surface area (Å²) in [6.07, 6.45) is 1.47. The summed E-state index contributed by atoms with van der Waals surface area (Å²) in [5, 5.41) is 3.38. The minimum absolute atomic E-state index is 0.252. The van der Waals surface area contributed by atoms with Crippen LogP contribution in [0.15, 0.2) is 6.20 Å². The molecule has 0 aliphatic carbocycles. The van der Waals surface area contributed by atoms with E-state index in [4.69, 9.17) is 0 Å². The highest BCUT2D eigenvalue weighted by Crippen LogP contribution is 2.17. The van der Waals surface area contributed by atoms with Crippen molar-refractivity contribution in [2.45, 2.75) is 19.9 Å². The number of carbonyl (C=O) groups excluding carboxylic acids is 1. The van der Waals surface area contributed by atoms with Gasteiger partial charge < -0.3 is 15.0 Å². The number of methoxy groups -OCH3 is 1. The lowest BCUT2D eigenvalue weighted by Gasteiger charge is -2.33. The number of anilines is 1. The lowest BCUT2D eigenvalue weighted by molar-refractivity contribution is 0.0593. The highest BCUT2D eigenvalue weighted by Gasteiger charge is 2.20. The Hall–Kier alpha value is -1.69. The number of hydrogen-bond acceptors (Lipinski definition) is 6. The van der Waals surface area contributed by atoms with Crippen LogP contribution in [0.25, 0.3) is 0 Å². The van der Waals surface area contributed by atoms with E-state index in [1.807, 2.05) is 6.92 Å². The van der Waals surface area contributed by atoms with Crippen LogP contribution in [0.2, 0.25) is 0 Å². The number of rotatable bonds is 2. The van der Waals surface area contributed by atoms with Crippen molar-refractivity contribution < 1.29 is 9.53 Å². The molecule has 1 aromatic rings. The van der Waals surface area contributed by atoms with E-state index >= 15 is 0 Å². The Morgan fingerprint density at radius 2 is 2.39 bits per heavy atom. The van der Waals surface area contributed by atoms with Gasteiger partial charge in [-0.2, -0.15) is 0 Å². The Labute approximate surface area is 106 Å². The molecule has 0 radical (unpaired) electrons. The smallest absolute Gasteiger partial charge is 0.358 e. The average molecular weight is 250 g/mol. The zero-order chi connectivity index (χ0) is 13.1. The number of aromatic nitrogens is 2. The molecule has 2 heterocycles. The van der Waals surface area contributed by atoms with Gasteiger partial charge in [-0.15, -0.1) is 0 Å². The van der Waals surface area contributed by atoms with Gasteiger partial charge in [0, 0.05) is 25.7 Å². The highest BCUT2D eigenvalue weighted by molar-refractivity contribution is 5.87. The number of nitrogens with one attached hydrogen (secondary N) is 1. The lowest BCUT2D eigenvalue weighted by atomic mass is 10.2. The minimum atomic E-state index is -0.453. The molecule has 1 aliphatic rings. The van der Waals surface area contributed by atoms with Crippen molar-refractivity contribution in [2.75, 3.05) is 31.6 Å². The Bertz CT molecular complexity index is 450. The average Bonchev–Trinajstić information content (AvgIpc) is 2.37. The van der Waals surface area contributed by atoms with Crippen molar-refractivity contribution in [3.8, 4) is 0 Å². The predicted molar refractivity (Wildman–Crippen MR) is 67.8 cm³/mol. The van der Waals surface area contributed by atoms with Gasteiger partial charge in [-0.05, 0) is 13.8 Å². The predicted octanol–water partition coefficient (Wildman–Crippen LogP) is 0.370. The zero-order valence-electron chi connectivity index (χ0n) is 10.9. The molecule has 1 atom stereocenters. The first-order valence-corrected chi connectivity index (χ1v) is 6.02. The van der Waals surface area contributed by atoms with E-state index in [1.165, 1.54) is 13.3 Å². The SMILES string of the molecule is COC(=O)c1cnc(N2CCNC(C)C2)c(C)n1. The van der Waals surface area contributed by atoms with Crippen LogP contribution in [0.5, 0.6) is 0 Å². The normalized spacial score (nSPS) is 19.7. The summed E-state index contributed by atoms with van der Waals surface area (Å²) in [6, 6.07) is 0.431. The van der Waals surface area contributed by atoms with Gasteiger partial charge in [0.25, 0.3) is 0 Å². The molecule has 0 amide bonds. The van der Waals surface area contributed by atoms with Crippen molar-refractivity contribution in [1.82, 2.24) is 15.3 Å². The van der Waals surface area contributed by atoms with E-state index in [9.17, 15) is 4.79 Å². The molecule has 1 unspecified atom stereocenters. The fourth-order valence-electron chi connectivity index (χ4n) is 2.11. The monoisotopic (exact) mass is 250 g/mol. The number of aryl methyl sites for hydroxylation is 1. The zero-order valence-corrected chi connectivity index (χ0v) is 10.9. The molecule has 0 aromatic carbocycles. The number of ether oxygens (including phenoxy) is 1. The van der Waals surface area contributed by atoms with Gasteiger partial charge in [-0.1, -0.05) is 0 Å². The molecular weight excluding hydrogens is 232 g/mol. The first-order chi connectivity index (χ1) is 8.61. The van der Waals surface area contributed by atoms with Crippen LogP contribution >= 0.6 is 0 Å². The standard InChI is InChI=1S/C12H18N4O2/c1-8-7-16(5-4-13-8)11-9(2)15-10(6-14-11)12(17)18-3/h6,8,13H,4-5,7H2,1-3H3. The van der Waals surface area contributed by atoms with E-state index in [2.05, 4.69) is 31.8 Å². The second-order valence-electron chi connectivity index (χ2n) is 4.46. The fourth-order valence-corrected chi connectivity index (χ4v) is 2.11. The fraction of sp³-hybridized carbons (Fsp3) is 0.583. The topological polar surface area (TPSA) is 67.3 Å². The summed E-state index contributed by atoms with van der Waals surface area (Å²) in [5.41, 5.74) is 1.01. The molecule has 1 fully saturated rings. The molecule has 2 rings (SSSR count). The van der Waals surface area contributed by atoms with Gasteiger partial charge in [-0.3, -0.25) is 0 Å². The number of hydrogen-bond donors (Lipinski definition) is 1. The molecule has 1 N–H and O–H groups in total. The minimum Gasteiger partial charge on any atom is -0.464 e. The maximum atomic E-state index is 11.4. The number of esters is 1. The second-order valence-corrected chi connectivity index (χ2v) is 4.46. The Kier molecular flexibility index (Phi) is 3.76. The maximum absolute atomic E-state index is 11.4. The van der Waals surface area contributed by atoms with Crippen molar-refractivity contribution in [3.05, 3.63) is 17.6 Å². The Balaban J connectivity index is 2.21. The molecule has 0 spiro atoms. The molecule has 18 heavy (non-hydrogen) atoms.